The van der Waals surface area contributed by atoms with Gasteiger partial charge in [0.2, 0.25) is 11.9 Å². The summed E-state index contributed by atoms with van der Waals surface area (Å²) in [6.45, 7) is 3.73. The molecule has 4 aromatic rings. The molecule has 1 aromatic carbocycles. The zero-order valence-electron chi connectivity index (χ0n) is 18.4. The van der Waals surface area contributed by atoms with Crippen molar-refractivity contribution in [2.45, 2.75) is 26.3 Å². The van der Waals surface area contributed by atoms with Gasteiger partial charge >= 0.3 is 0 Å². The van der Waals surface area contributed by atoms with Crippen LogP contribution in [0.5, 0.6) is 0 Å². The summed E-state index contributed by atoms with van der Waals surface area (Å²) >= 11 is 1.41. The van der Waals surface area contributed by atoms with Gasteiger partial charge in [-0.25, -0.2) is 4.98 Å². The minimum atomic E-state index is -0.164. The highest BCUT2D eigenvalue weighted by atomic mass is 32.1. The van der Waals surface area contributed by atoms with Crippen molar-refractivity contribution in [1.82, 2.24) is 20.3 Å². The fourth-order valence-corrected chi connectivity index (χ4v) is 5.12. The van der Waals surface area contributed by atoms with Gasteiger partial charge in [-0.1, -0.05) is 35.9 Å². The quantitative estimate of drug-likeness (QED) is 0.473. The van der Waals surface area contributed by atoms with Gasteiger partial charge in [-0.05, 0) is 37.5 Å². The molecule has 0 unspecified atom stereocenters. The molecule has 0 aliphatic carbocycles. The van der Waals surface area contributed by atoms with E-state index < -0.39 is 0 Å². The van der Waals surface area contributed by atoms with Gasteiger partial charge in [0, 0.05) is 30.2 Å². The molecule has 1 saturated heterocycles. The zero-order valence-corrected chi connectivity index (χ0v) is 19.2. The number of fused-ring (bicyclic) bond motifs is 1. The summed E-state index contributed by atoms with van der Waals surface area (Å²) in [4.78, 5) is 39.7. The Labute approximate surface area is 195 Å². The number of carbonyl (C=O) groups excluding carboxylic acids is 1. The number of aryl methyl sites for hydroxylation is 1. The van der Waals surface area contributed by atoms with Crippen molar-refractivity contribution in [2.75, 3.05) is 18.0 Å². The average molecular weight is 460 g/mol. The molecule has 3 aromatic heterocycles. The SMILES string of the molecule is Cc1ccc(-c2csc3c(=O)[nH]c(N4CCC[C@@H](C(=O)NCc5ccccn5)C4)nc23)cc1. The number of aromatic amines is 1. The number of aromatic nitrogens is 3. The fraction of sp³-hybridized carbons (Fsp3) is 0.280. The monoisotopic (exact) mass is 459 g/mol. The summed E-state index contributed by atoms with van der Waals surface area (Å²) in [5.41, 5.74) is 4.59. The van der Waals surface area contributed by atoms with Crippen LogP contribution in [0.1, 0.15) is 24.1 Å². The molecular weight excluding hydrogens is 434 g/mol. The first-order chi connectivity index (χ1) is 16.1. The molecule has 0 spiro atoms. The van der Waals surface area contributed by atoms with Crippen molar-refractivity contribution in [3.8, 4) is 11.1 Å². The average Bonchev–Trinajstić information content (AvgIpc) is 3.28. The van der Waals surface area contributed by atoms with Gasteiger partial charge < -0.3 is 10.2 Å². The molecular formula is C25H25N5O2S. The van der Waals surface area contributed by atoms with Gasteiger partial charge in [0.05, 0.1) is 23.7 Å². The molecule has 1 atom stereocenters. The van der Waals surface area contributed by atoms with E-state index in [0.717, 1.165) is 36.2 Å². The lowest BCUT2D eigenvalue weighted by Crippen LogP contribution is -2.44. The van der Waals surface area contributed by atoms with Gasteiger partial charge in [0.25, 0.3) is 5.56 Å². The molecule has 7 nitrogen and oxygen atoms in total. The molecule has 2 N–H and O–H groups in total. The van der Waals surface area contributed by atoms with Crippen LogP contribution >= 0.6 is 11.3 Å². The van der Waals surface area contributed by atoms with E-state index in [0.29, 0.717) is 29.3 Å². The summed E-state index contributed by atoms with van der Waals surface area (Å²) in [6.07, 6.45) is 3.39. The van der Waals surface area contributed by atoms with Gasteiger partial charge in [-0.15, -0.1) is 11.3 Å². The number of nitrogens with one attached hydrogen (secondary N) is 2. The molecule has 1 aliphatic rings. The van der Waals surface area contributed by atoms with Gasteiger partial charge in [-0.3, -0.25) is 19.6 Å². The Morgan fingerprint density at radius 2 is 2.09 bits per heavy atom. The maximum absolute atomic E-state index is 12.8. The topological polar surface area (TPSA) is 91.0 Å². The molecule has 8 heteroatoms. The van der Waals surface area contributed by atoms with Gasteiger partial charge in [0.1, 0.15) is 4.70 Å². The van der Waals surface area contributed by atoms with Crippen LogP contribution in [-0.4, -0.2) is 33.9 Å². The van der Waals surface area contributed by atoms with Crippen LogP contribution in [0, 0.1) is 12.8 Å². The fourth-order valence-electron chi connectivity index (χ4n) is 4.21. The minimum absolute atomic E-state index is 0.00431. The molecule has 1 amide bonds. The predicted octanol–water partition coefficient (Wildman–Crippen LogP) is 3.89. The number of piperidine rings is 1. The number of anilines is 1. The molecule has 0 saturated carbocycles. The van der Waals surface area contributed by atoms with E-state index in [4.69, 9.17) is 4.98 Å². The lowest BCUT2D eigenvalue weighted by atomic mass is 9.97. The smallest absolute Gasteiger partial charge is 0.270 e. The first-order valence-corrected chi connectivity index (χ1v) is 12.0. The van der Waals surface area contributed by atoms with Crippen LogP contribution < -0.4 is 15.8 Å². The van der Waals surface area contributed by atoms with E-state index in [1.54, 1.807) is 6.20 Å². The Balaban J connectivity index is 1.37. The van der Waals surface area contributed by atoms with Gasteiger partial charge in [0.15, 0.2) is 0 Å². The van der Waals surface area contributed by atoms with Crippen molar-refractivity contribution in [3.63, 3.8) is 0 Å². The van der Waals surface area contributed by atoms with Crippen LogP contribution in [0.2, 0.25) is 0 Å². The molecule has 0 bridgehead atoms. The summed E-state index contributed by atoms with van der Waals surface area (Å²) in [5, 5.41) is 4.99. The van der Waals surface area contributed by atoms with E-state index in [2.05, 4.69) is 46.5 Å². The molecule has 1 aliphatic heterocycles. The number of hydrogen-bond acceptors (Lipinski definition) is 6. The number of pyridine rings is 1. The standard InChI is InChI=1S/C25H25N5O2S/c1-16-7-9-17(10-8-16)20-15-33-22-21(20)28-25(29-24(22)32)30-12-4-5-18(14-30)23(31)27-13-19-6-2-3-11-26-19/h2-3,6-11,15,18H,4-5,12-14H2,1H3,(H,27,31)(H,28,29,32)/t18-/m1/s1. The third-order valence-electron chi connectivity index (χ3n) is 6.04. The molecule has 4 heterocycles. The van der Waals surface area contributed by atoms with E-state index in [-0.39, 0.29) is 17.4 Å². The van der Waals surface area contributed by atoms with E-state index >= 15 is 0 Å². The minimum Gasteiger partial charge on any atom is -0.350 e. The Bertz CT molecular complexity index is 1330. The van der Waals surface area contributed by atoms with Crippen molar-refractivity contribution in [1.29, 1.82) is 0 Å². The summed E-state index contributed by atoms with van der Waals surface area (Å²) in [7, 11) is 0. The normalized spacial score (nSPS) is 16.2. The van der Waals surface area contributed by atoms with Crippen molar-refractivity contribution < 1.29 is 4.79 Å². The number of amides is 1. The highest BCUT2D eigenvalue weighted by Gasteiger charge is 2.27. The third-order valence-corrected chi connectivity index (χ3v) is 7.01. The summed E-state index contributed by atoms with van der Waals surface area (Å²) < 4.78 is 0.621. The van der Waals surface area contributed by atoms with E-state index in [9.17, 15) is 9.59 Å². The van der Waals surface area contributed by atoms with Gasteiger partial charge in [-0.2, -0.15) is 0 Å². The van der Waals surface area contributed by atoms with Crippen LogP contribution in [0.15, 0.2) is 58.8 Å². The number of H-pyrrole nitrogens is 1. The maximum Gasteiger partial charge on any atom is 0.270 e. The van der Waals surface area contributed by atoms with Crippen molar-refractivity contribution in [3.05, 3.63) is 75.7 Å². The molecule has 0 radical (unpaired) electrons. The summed E-state index contributed by atoms with van der Waals surface area (Å²) in [5.74, 6) is 0.369. The lowest BCUT2D eigenvalue weighted by Gasteiger charge is -2.32. The number of hydrogen-bond donors (Lipinski definition) is 2. The second kappa shape index (κ2) is 9.15. The van der Waals surface area contributed by atoms with Crippen LogP contribution in [-0.2, 0) is 11.3 Å². The van der Waals surface area contributed by atoms with Crippen molar-refractivity contribution in [2.24, 2.45) is 5.92 Å². The largest absolute Gasteiger partial charge is 0.350 e. The Morgan fingerprint density at radius 1 is 1.24 bits per heavy atom. The van der Waals surface area contributed by atoms with E-state index in [1.165, 1.54) is 16.9 Å². The number of thiophene rings is 1. The van der Waals surface area contributed by atoms with Crippen LogP contribution in [0.4, 0.5) is 5.95 Å². The Hall–Kier alpha value is -3.52. The zero-order chi connectivity index (χ0) is 22.8. The molecule has 33 heavy (non-hydrogen) atoms. The molecule has 5 rings (SSSR count). The molecule has 1 fully saturated rings. The second-order valence-electron chi connectivity index (χ2n) is 8.41. The number of benzene rings is 1. The highest BCUT2D eigenvalue weighted by molar-refractivity contribution is 7.17. The second-order valence-corrected chi connectivity index (χ2v) is 9.29. The maximum atomic E-state index is 12.8. The third kappa shape index (κ3) is 4.52. The van der Waals surface area contributed by atoms with Crippen LogP contribution in [0.25, 0.3) is 21.3 Å². The Kier molecular flexibility index (Phi) is 5.92. The summed E-state index contributed by atoms with van der Waals surface area (Å²) in [6, 6.07) is 13.9. The first-order valence-electron chi connectivity index (χ1n) is 11.1. The highest BCUT2D eigenvalue weighted by Crippen LogP contribution is 2.32. The first kappa shape index (κ1) is 21.3. The van der Waals surface area contributed by atoms with Crippen LogP contribution in [0.3, 0.4) is 0 Å². The number of carbonyl (C=O) groups is 1. The predicted molar refractivity (Wildman–Crippen MR) is 131 cm³/mol. The number of nitrogens with zero attached hydrogens (tertiary/aromatic N) is 3. The lowest BCUT2D eigenvalue weighted by molar-refractivity contribution is -0.125. The van der Waals surface area contributed by atoms with Crippen molar-refractivity contribution >= 4 is 33.4 Å². The number of rotatable bonds is 5. The van der Waals surface area contributed by atoms with E-state index in [1.807, 2.05) is 28.5 Å². The Morgan fingerprint density at radius 3 is 2.88 bits per heavy atom. The molecule has 168 valence electrons.